The number of hydrogen-bond donors (Lipinski definition) is 1. The predicted molar refractivity (Wildman–Crippen MR) is 141 cm³/mol. The fourth-order valence-corrected chi connectivity index (χ4v) is 6.42. The number of fused-ring (bicyclic) bond motifs is 1. The second-order valence-electron chi connectivity index (χ2n) is 8.87. The van der Waals surface area contributed by atoms with E-state index >= 15 is 0 Å². The van der Waals surface area contributed by atoms with Gasteiger partial charge in [0, 0.05) is 61.5 Å². The van der Waals surface area contributed by atoms with Crippen LogP contribution in [0.1, 0.15) is 21.3 Å². The number of aromatic nitrogens is 2. The van der Waals surface area contributed by atoms with Gasteiger partial charge in [-0.05, 0) is 62.4 Å². The Morgan fingerprint density at radius 2 is 1.97 bits per heavy atom. The van der Waals surface area contributed by atoms with Gasteiger partial charge in [-0.15, -0.1) is 11.3 Å². The number of sulfonamides is 1. The monoisotopic (exact) mass is 529 g/mol. The highest BCUT2D eigenvalue weighted by atomic mass is 32.2. The highest BCUT2D eigenvalue weighted by molar-refractivity contribution is 7.93. The van der Waals surface area contributed by atoms with E-state index in [9.17, 15) is 17.6 Å². The SMILES string of the molecule is CC1CN(c2ccc(S(=O)(=O)Nc3nccs3)cc2)CCN1C(=O)C(C)n1ccc2cc(F)ccc21.[HH]. The number of thiazole rings is 1. The molecule has 0 saturated carbocycles. The topological polar surface area (TPSA) is 87.5 Å². The van der Waals surface area contributed by atoms with Crippen LogP contribution in [0.3, 0.4) is 0 Å². The molecule has 4 aromatic rings. The molecular weight excluding hydrogens is 501 g/mol. The summed E-state index contributed by atoms with van der Waals surface area (Å²) in [5.41, 5.74) is 1.72. The standard InChI is InChI=1S/C25H26FN5O3S2.H2/c1-17-16-29(21-4-6-22(7-5-21)36(33,34)28-25-27-10-14-35-25)12-13-30(17)24(32)18(2)31-11-9-19-15-20(26)3-8-23(19)31;/h3-11,14-15,17-18H,12-13,16H2,1-2H3,(H,27,28);1H. The van der Waals surface area contributed by atoms with Crippen molar-refractivity contribution in [3.63, 3.8) is 0 Å². The number of carbonyl (C=O) groups is 1. The molecule has 1 amide bonds. The number of amides is 1. The van der Waals surface area contributed by atoms with E-state index in [0.717, 1.165) is 16.6 Å². The van der Waals surface area contributed by atoms with Crippen LogP contribution in [0, 0.1) is 5.82 Å². The molecule has 3 heterocycles. The van der Waals surface area contributed by atoms with Crippen LogP contribution >= 0.6 is 11.3 Å². The second-order valence-corrected chi connectivity index (χ2v) is 11.4. The van der Waals surface area contributed by atoms with Crippen LogP contribution in [0.25, 0.3) is 10.9 Å². The minimum Gasteiger partial charge on any atom is -0.368 e. The van der Waals surface area contributed by atoms with Crippen molar-refractivity contribution in [1.29, 1.82) is 0 Å². The van der Waals surface area contributed by atoms with Crippen molar-refractivity contribution in [2.24, 2.45) is 0 Å². The molecule has 1 fully saturated rings. The molecule has 2 atom stereocenters. The third-order valence-corrected chi connectivity index (χ3v) is 8.71. The molecule has 2 aromatic heterocycles. The Morgan fingerprint density at radius 3 is 2.67 bits per heavy atom. The summed E-state index contributed by atoms with van der Waals surface area (Å²) >= 11 is 1.22. The van der Waals surface area contributed by atoms with Gasteiger partial charge in [0.1, 0.15) is 11.9 Å². The molecule has 0 radical (unpaired) electrons. The number of benzene rings is 2. The zero-order valence-corrected chi connectivity index (χ0v) is 21.5. The van der Waals surface area contributed by atoms with Crippen molar-refractivity contribution in [3.8, 4) is 0 Å². The van der Waals surface area contributed by atoms with E-state index in [4.69, 9.17) is 0 Å². The predicted octanol–water partition coefficient (Wildman–Crippen LogP) is 4.58. The molecule has 190 valence electrons. The van der Waals surface area contributed by atoms with Gasteiger partial charge in [0.05, 0.1) is 4.90 Å². The third kappa shape index (κ3) is 4.68. The average Bonchev–Trinajstić information content (AvgIpc) is 3.52. The summed E-state index contributed by atoms with van der Waals surface area (Å²) in [6.07, 6.45) is 3.37. The molecule has 0 aliphatic carbocycles. The van der Waals surface area contributed by atoms with Crippen LogP contribution in [-0.4, -0.2) is 54.5 Å². The van der Waals surface area contributed by atoms with E-state index in [1.165, 1.54) is 23.5 Å². The first-order valence-corrected chi connectivity index (χ1v) is 13.9. The molecule has 8 nitrogen and oxygen atoms in total. The molecule has 1 aliphatic rings. The Balaban J connectivity index is 0.00000320. The van der Waals surface area contributed by atoms with Crippen LogP contribution in [0.15, 0.2) is 71.2 Å². The lowest BCUT2D eigenvalue weighted by Gasteiger charge is -2.42. The smallest absolute Gasteiger partial charge is 0.263 e. The first kappa shape index (κ1) is 24.3. The Morgan fingerprint density at radius 1 is 1.19 bits per heavy atom. The zero-order valence-electron chi connectivity index (χ0n) is 19.8. The summed E-state index contributed by atoms with van der Waals surface area (Å²) in [4.78, 5) is 21.5. The minimum atomic E-state index is -3.71. The third-order valence-electron chi connectivity index (χ3n) is 6.53. The number of piperazine rings is 1. The molecule has 2 aromatic carbocycles. The van der Waals surface area contributed by atoms with Crippen molar-refractivity contribution in [2.45, 2.75) is 30.8 Å². The number of halogens is 1. The fourth-order valence-electron chi connectivity index (χ4n) is 4.63. The molecule has 36 heavy (non-hydrogen) atoms. The van der Waals surface area contributed by atoms with Gasteiger partial charge in [-0.3, -0.25) is 9.52 Å². The van der Waals surface area contributed by atoms with E-state index in [2.05, 4.69) is 14.6 Å². The maximum atomic E-state index is 13.6. The van der Waals surface area contributed by atoms with Gasteiger partial charge in [-0.1, -0.05) is 0 Å². The van der Waals surface area contributed by atoms with Gasteiger partial charge in [0.2, 0.25) is 5.91 Å². The molecule has 0 spiro atoms. The van der Waals surface area contributed by atoms with E-state index in [-0.39, 0.29) is 24.1 Å². The van der Waals surface area contributed by atoms with Crippen LogP contribution < -0.4 is 9.62 Å². The summed E-state index contributed by atoms with van der Waals surface area (Å²) in [5.74, 6) is -0.288. The summed E-state index contributed by atoms with van der Waals surface area (Å²) in [7, 11) is -3.71. The van der Waals surface area contributed by atoms with E-state index in [1.54, 1.807) is 41.9 Å². The van der Waals surface area contributed by atoms with E-state index < -0.39 is 16.1 Å². The number of rotatable bonds is 6. The maximum absolute atomic E-state index is 13.6. The van der Waals surface area contributed by atoms with E-state index in [1.807, 2.05) is 35.6 Å². The van der Waals surface area contributed by atoms with E-state index in [0.29, 0.717) is 24.8 Å². The molecule has 1 saturated heterocycles. The van der Waals surface area contributed by atoms with Gasteiger partial charge >= 0.3 is 0 Å². The molecule has 2 unspecified atom stereocenters. The summed E-state index contributed by atoms with van der Waals surface area (Å²) in [5, 5.41) is 2.79. The van der Waals surface area contributed by atoms with Crippen molar-refractivity contribution in [1.82, 2.24) is 14.5 Å². The lowest BCUT2D eigenvalue weighted by atomic mass is 10.1. The van der Waals surface area contributed by atoms with Crippen LogP contribution in [0.2, 0.25) is 0 Å². The number of carbonyl (C=O) groups excluding carboxylic acids is 1. The lowest BCUT2D eigenvalue weighted by molar-refractivity contribution is -0.136. The molecular formula is C25H28FN5O3S2. The van der Waals surface area contributed by atoms with Crippen molar-refractivity contribution in [3.05, 3.63) is 72.1 Å². The van der Waals surface area contributed by atoms with Gasteiger partial charge in [0.25, 0.3) is 10.0 Å². The van der Waals surface area contributed by atoms with Gasteiger partial charge in [-0.2, -0.15) is 0 Å². The van der Waals surface area contributed by atoms with Gasteiger partial charge in [0.15, 0.2) is 5.13 Å². The summed E-state index contributed by atoms with van der Waals surface area (Å²) < 4.78 is 43.1. The highest BCUT2D eigenvalue weighted by Crippen LogP contribution is 2.26. The quantitative estimate of drug-likeness (QED) is 0.395. The van der Waals surface area contributed by atoms with Crippen molar-refractivity contribution < 1.29 is 19.0 Å². The van der Waals surface area contributed by atoms with Crippen LogP contribution in [-0.2, 0) is 14.8 Å². The number of anilines is 2. The minimum absolute atomic E-state index is 0. The summed E-state index contributed by atoms with van der Waals surface area (Å²) in [6, 6.07) is 12.7. The maximum Gasteiger partial charge on any atom is 0.263 e. The number of nitrogens with one attached hydrogen (secondary N) is 1. The van der Waals surface area contributed by atoms with Gasteiger partial charge < -0.3 is 14.4 Å². The number of nitrogens with zero attached hydrogens (tertiary/aromatic N) is 4. The molecule has 11 heteroatoms. The van der Waals surface area contributed by atoms with Crippen molar-refractivity contribution >= 4 is 49.0 Å². The first-order valence-electron chi connectivity index (χ1n) is 11.6. The fraction of sp³-hybridized carbons (Fsp3) is 0.280. The normalized spacial score (nSPS) is 17.4. The molecule has 1 N–H and O–H groups in total. The van der Waals surface area contributed by atoms with Gasteiger partial charge in [-0.25, -0.2) is 17.8 Å². The molecule has 0 bridgehead atoms. The largest absolute Gasteiger partial charge is 0.368 e. The van der Waals surface area contributed by atoms with Crippen LogP contribution in [0.4, 0.5) is 15.2 Å². The van der Waals surface area contributed by atoms with Crippen LogP contribution in [0.5, 0.6) is 0 Å². The zero-order chi connectivity index (χ0) is 25.4. The Kier molecular flexibility index (Phi) is 6.44. The number of hydrogen-bond acceptors (Lipinski definition) is 6. The molecule has 5 rings (SSSR count). The second kappa shape index (κ2) is 9.55. The summed E-state index contributed by atoms with van der Waals surface area (Å²) in [6.45, 7) is 5.67. The Labute approximate surface area is 214 Å². The Hall–Kier alpha value is -3.44. The average molecular weight is 530 g/mol. The highest BCUT2D eigenvalue weighted by Gasteiger charge is 2.31. The molecule has 1 aliphatic heterocycles. The lowest BCUT2D eigenvalue weighted by Crippen LogP contribution is -2.55. The first-order chi connectivity index (χ1) is 17.2. The van der Waals surface area contributed by atoms with Crippen molar-refractivity contribution in [2.75, 3.05) is 29.3 Å². The Bertz CT molecular complexity index is 1490.